The molecule has 0 N–H and O–H groups in total. The molecule has 7 heteroatoms. The largest absolute Gasteiger partial charge is 0.486 e. The molecule has 0 aliphatic heterocycles. The Morgan fingerprint density at radius 1 is 1.29 bits per heavy atom. The van der Waals surface area contributed by atoms with Crippen LogP contribution in [0.25, 0.3) is 0 Å². The Morgan fingerprint density at radius 3 is 2.62 bits per heavy atom. The van der Waals surface area contributed by atoms with E-state index in [4.69, 9.17) is 21.6 Å². The van der Waals surface area contributed by atoms with E-state index in [2.05, 4.69) is 4.98 Å². The van der Waals surface area contributed by atoms with Crippen LogP contribution in [-0.4, -0.2) is 4.98 Å². The zero-order valence-electron chi connectivity index (χ0n) is 10.5. The SMILES string of the molecule is N#Cc1ncc(C(F)(F)F)cc1OCc1ccccc1Cl. The minimum absolute atomic E-state index is 0.0582. The second-order valence-electron chi connectivity index (χ2n) is 4.06. The smallest absolute Gasteiger partial charge is 0.418 e. The van der Waals surface area contributed by atoms with Gasteiger partial charge >= 0.3 is 6.18 Å². The lowest BCUT2D eigenvalue weighted by Crippen LogP contribution is -2.08. The Kier molecular flexibility index (Phi) is 4.34. The van der Waals surface area contributed by atoms with Crippen molar-refractivity contribution in [3.63, 3.8) is 0 Å². The molecule has 0 aliphatic carbocycles. The molecule has 0 unspecified atom stereocenters. The molecule has 3 nitrogen and oxygen atoms in total. The summed E-state index contributed by atoms with van der Waals surface area (Å²) >= 11 is 5.93. The van der Waals surface area contributed by atoms with Crippen molar-refractivity contribution in [2.24, 2.45) is 0 Å². The molecule has 0 spiro atoms. The highest BCUT2D eigenvalue weighted by Crippen LogP contribution is 2.32. The van der Waals surface area contributed by atoms with Gasteiger partial charge in [-0.3, -0.25) is 0 Å². The minimum Gasteiger partial charge on any atom is -0.486 e. The van der Waals surface area contributed by atoms with Gasteiger partial charge in [-0.1, -0.05) is 29.8 Å². The minimum atomic E-state index is -4.55. The van der Waals surface area contributed by atoms with Gasteiger partial charge in [0.2, 0.25) is 0 Å². The molecule has 0 saturated heterocycles. The summed E-state index contributed by atoms with van der Waals surface area (Å²) in [4.78, 5) is 3.46. The molecule has 0 aliphatic rings. The van der Waals surface area contributed by atoms with Crippen LogP contribution in [0.1, 0.15) is 16.8 Å². The summed E-state index contributed by atoms with van der Waals surface area (Å²) in [5.74, 6) is -0.229. The van der Waals surface area contributed by atoms with E-state index in [1.807, 2.05) is 0 Å². The van der Waals surface area contributed by atoms with Crippen LogP contribution in [0.2, 0.25) is 5.02 Å². The van der Waals surface area contributed by atoms with Crippen LogP contribution in [0.4, 0.5) is 13.2 Å². The van der Waals surface area contributed by atoms with Crippen LogP contribution in [-0.2, 0) is 12.8 Å². The highest BCUT2D eigenvalue weighted by molar-refractivity contribution is 6.31. The number of hydrogen-bond acceptors (Lipinski definition) is 3. The third-order valence-electron chi connectivity index (χ3n) is 2.63. The third kappa shape index (κ3) is 3.64. The molecular formula is C14H8ClF3N2O. The average Bonchev–Trinajstić information content (AvgIpc) is 2.45. The predicted octanol–water partition coefficient (Wildman–Crippen LogP) is 4.20. The van der Waals surface area contributed by atoms with Gasteiger partial charge in [0.1, 0.15) is 12.7 Å². The summed E-state index contributed by atoms with van der Waals surface area (Å²) in [5, 5.41) is 9.29. The number of rotatable bonds is 3. The van der Waals surface area contributed by atoms with Gasteiger partial charge in [-0.05, 0) is 12.1 Å². The molecule has 0 fully saturated rings. The summed E-state index contributed by atoms with van der Waals surface area (Å²) in [5.41, 5.74) is -0.591. The maximum Gasteiger partial charge on any atom is 0.418 e. The van der Waals surface area contributed by atoms with E-state index in [1.54, 1.807) is 30.3 Å². The summed E-state index contributed by atoms with van der Waals surface area (Å²) < 4.78 is 43.2. The van der Waals surface area contributed by atoms with Gasteiger partial charge in [-0.25, -0.2) is 4.98 Å². The summed E-state index contributed by atoms with van der Waals surface area (Å²) in [7, 11) is 0. The first kappa shape index (κ1) is 15.1. The van der Waals surface area contributed by atoms with Crippen molar-refractivity contribution in [1.29, 1.82) is 5.26 Å². The van der Waals surface area contributed by atoms with E-state index >= 15 is 0 Å². The van der Waals surface area contributed by atoms with E-state index in [9.17, 15) is 13.2 Å². The molecule has 1 aromatic heterocycles. The van der Waals surface area contributed by atoms with Crippen LogP contribution in [0, 0.1) is 11.3 Å². The molecule has 21 heavy (non-hydrogen) atoms. The number of ether oxygens (including phenoxy) is 1. The number of nitrogens with zero attached hydrogens (tertiary/aromatic N) is 2. The number of nitriles is 1. The lowest BCUT2D eigenvalue weighted by molar-refractivity contribution is -0.138. The Balaban J connectivity index is 2.27. The number of alkyl halides is 3. The van der Waals surface area contributed by atoms with Gasteiger partial charge in [0, 0.05) is 16.8 Å². The third-order valence-corrected chi connectivity index (χ3v) is 3.00. The molecule has 0 radical (unpaired) electrons. The Labute approximate surface area is 123 Å². The second-order valence-corrected chi connectivity index (χ2v) is 4.47. The Hall–Kier alpha value is -2.26. The zero-order valence-corrected chi connectivity index (χ0v) is 11.2. The quantitative estimate of drug-likeness (QED) is 0.853. The highest BCUT2D eigenvalue weighted by atomic mass is 35.5. The van der Waals surface area contributed by atoms with Gasteiger partial charge in [0.25, 0.3) is 0 Å². The second kappa shape index (κ2) is 6.02. The zero-order chi connectivity index (χ0) is 15.5. The van der Waals surface area contributed by atoms with E-state index in [-0.39, 0.29) is 18.1 Å². The van der Waals surface area contributed by atoms with Gasteiger partial charge in [0.05, 0.1) is 5.56 Å². The Bertz CT molecular complexity index is 695. The molecule has 0 saturated carbocycles. The first-order valence-corrected chi connectivity index (χ1v) is 6.13. The molecule has 0 atom stereocenters. The molecule has 1 heterocycles. The predicted molar refractivity (Wildman–Crippen MR) is 69.7 cm³/mol. The Morgan fingerprint density at radius 2 is 2.00 bits per heavy atom. The first-order chi connectivity index (χ1) is 9.91. The van der Waals surface area contributed by atoms with Crippen molar-refractivity contribution in [1.82, 2.24) is 4.98 Å². The van der Waals surface area contributed by atoms with Crippen molar-refractivity contribution >= 4 is 11.6 Å². The van der Waals surface area contributed by atoms with E-state index < -0.39 is 11.7 Å². The fourth-order valence-corrected chi connectivity index (χ4v) is 1.75. The standard InChI is InChI=1S/C14H8ClF3N2O/c15-11-4-2-1-3-9(11)8-21-13-5-10(14(16,17)18)7-20-12(13)6-19/h1-5,7H,8H2. The van der Waals surface area contributed by atoms with Gasteiger partial charge in [-0.15, -0.1) is 0 Å². The van der Waals surface area contributed by atoms with E-state index in [1.165, 1.54) is 0 Å². The van der Waals surface area contributed by atoms with Crippen molar-refractivity contribution in [3.8, 4) is 11.8 Å². The number of hydrogen-bond donors (Lipinski definition) is 0. The van der Waals surface area contributed by atoms with Crippen molar-refractivity contribution in [3.05, 3.63) is 58.4 Å². The maximum atomic E-state index is 12.6. The van der Waals surface area contributed by atoms with Crippen molar-refractivity contribution in [2.45, 2.75) is 12.8 Å². The number of aromatic nitrogens is 1. The topological polar surface area (TPSA) is 45.9 Å². The molecule has 2 rings (SSSR count). The molecule has 2 aromatic rings. The van der Waals surface area contributed by atoms with Gasteiger partial charge in [0.15, 0.2) is 11.4 Å². The summed E-state index contributed by atoms with van der Waals surface area (Å²) in [6.45, 7) is -0.0582. The number of halogens is 4. The molecule has 0 amide bonds. The fourth-order valence-electron chi connectivity index (χ4n) is 1.56. The lowest BCUT2D eigenvalue weighted by atomic mass is 10.2. The molecule has 108 valence electrons. The average molecular weight is 313 g/mol. The first-order valence-electron chi connectivity index (χ1n) is 5.75. The molecule has 0 bridgehead atoms. The summed E-state index contributed by atoms with van der Waals surface area (Å²) in [6.07, 6.45) is -3.95. The van der Waals surface area contributed by atoms with E-state index in [0.29, 0.717) is 16.8 Å². The van der Waals surface area contributed by atoms with Gasteiger partial charge < -0.3 is 4.74 Å². The molecular weight excluding hydrogens is 305 g/mol. The fraction of sp³-hybridized carbons (Fsp3) is 0.143. The van der Waals surface area contributed by atoms with Crippen molar-refractivity contribution in [2.75, 3.05) is 0 Å². The maximum absolute atomic E-state index is 12.6. The van der Waals surface area contributed by atoms with Crippen LogP contribution in [0.5, 0.6) is 5.75 Å². The number of benzene rings is 1. The van der Waals surface area contributed by atoms with Crippen LogP contribution >= 0.6 is 11.6 Å². The van der Waals surface area contributed by atoms with Gasteiger partial charge in [-0.2, -0.15) is 18.4 Å². The number of pyridine rings is 1. The van der Waals surface area contributed by atoms with Crippen LogP contribution in [0.15, 0.2) is 36.5 Å². The normalized spacial score (nSPS) is 11.0. The summed E-state index contributed by atoms with van der Waals surface area (Å²) in [6, 6.07) is 9.19. The highest BCUT2D eigenvalue weighted by Gasteiger charge is 2.32. The van der Waals surface area contributed by atoms with Crippen LogP contribution in [0.3, 0.4) is 0 Å². The monoisotopic (exact) mass is 312 g/mol. The van der Waals surface area contributed by atoms with E-state index in [0.717, 1.165) is 6.07 Å². The van der Waals surface area contributed by atoms with Crippen molar-refractivity contribution < 1.29 is 17.9 Å². The van der Waals surface area contributed by atoms with Crippen LogP contribution < -0.4 is 4.74 Å². The molecule has 1 aromatic carbocycles. The lowest BCUT2D eigenvalue weighted by Gasteiger charge is -2.11.